The van der Waals surface area contributed by atoms with Crippen LogP contribution in [0.1, 0.15) is 23.2 Å². The Bertz CT molecular complexity index is 454. The summed E-state index contributed by atoms with van der Waals surface area (Å²) in [5.41, 5.74) is 7.04. The molecule has 0 atom stereocenters. The third kappa shape index (κ3) is 3.38. The van der Waals surface area contributed by atoms with E-state index in [2.05, 4.69) is 0 Å². The van der Waals surface area contributed by atoms with Crippen molar-refractivity contribution in [1.82, 2.24) is 4.90 Å². The maximum Gasteiger partial charge on any atom is 0.253 e. The van der Waals surface area contributed by atoms with Gasteiger partial charge in [-0.25, -0.2) is 0 Å². The molecular weight excluding hydrogens is 244 g/mol. The van der Waals surface area contributed by atoms with Crippen molar-refractivity contribution in [3.05, 3.63) is 23.8 Å². The quantitative estimate of drug-likeness (QED) is 0.841. The number of anilines is 1. The molecule has 1 aromatic carbocycles. The van der Waals surface area contributed by atoms with E-state index in [4.69, 9.17) is 15.2 Å². The van der Waals surface area contributed by atoms with E-state index in [-0.39, 0.29) is 12.0 Å². The van der Waals surface area contributed by atoms with Crippen LogP contribution in [-0.4, -0.2) is 44.2 Å². The van der Waals surface area contributed by atoms with Crippen molar-refractivity contribution in [3.8, 4) is 5.75 Å². The SMILES string of the molecule is CN(C)C(=O)c1ccc(N)c(OC2CCOCC2)c1. The summed E-state index contributed by atoms with van der Waals surface area (Å²) in [5, 5.41) is 0. The Hall–Kier alpha value is -1.75. The van der Waals surface area contributed by atoms with Gasteiger partial charge in [-0.1, -0.05) is 0 Å². The minimum atomic E-state index is -0.0585. The van der Waals surface area contributed by atoms with E-state index < -0.39 is 0 Å². The number of rotatable bonds is 3. The van der Waals surface area contributed by atoms with Gasteiger partial charge in [-0.05, 0) is 18.2 Å². The smallest absolute Gasteiger partial charge is 0.253 e. The van der Waals surface area contributed by atoms with Crippen molar-refractivity contribution < 1.29 is 14.3 Å². The Morgan fingerprint density at radius 2 is 2.05 bits per heavy atom. The first-order valence-electron chi connectivity index (χ1n) is 6.43. The van der Waals surface area contributed by atoms with Gasteiger partial charge in [0.05, 0.1) is 18.9 Å². The number of nitrogens with two attached hydrogens (primary N) is 1. The van der Waals surface area contributed by atoms with E-state index in [9.17, 15) is 4.79 Å². The molecule has 1 aliphatic rings. The lowest BCUT2D eigenvalue weighted by atomic mass is 10.1. The summed E-state index contributed by atoms with van der Waals surface area (Å²) < 4.78 is 11.2. The van der Waals surface area contributed by atoms with Gasteiger partial charge < -0.3 is 20.1 Å². The summed E-state index contributed by atoms with van der Waals surface area (Å²) in [5.74, 6) is 0.524. The van der Waals surface area contributed by atoms with Crippen LogP contribution >= 0.6 is 0 Å². The number of nitrogens with zero attached hydrogens (tertiary/aromatic N) is 1. The van der Waals surface area contributed by atoms with Crippen molar-refractivity contribution in [3.63, 3.8) is 0 Å². The third-order valence-electron chi connectivity index (χ3n) is 3.13. The second-order valence-electron chi connectivity index (χ2n) is 4.88. The standard InChI is InChI=1S/C14H20N2O3/c1-16(2)14(17)10-3-4-12(15)13(9-10)19-11-5-7-18-8-6-11/h3-4,9,11H,5-8,15H2,1-2H3. The average Bonchev–Trinajstić information content (AvgIpc) is 2.41. The lowest BCUT2D eigenvalue weighted by molar-refractivity contribution is 0.0258. The Kier molecular flexibility index (Phi) is 4.27. The average molecular weight is 264 g/mol. The fourth-order valence-electron chi connectivity index (χ4n) is 2.00. The zero-order valence-corrected chi connectivity index (χ0v) is 11.4. The summed E-state index contributed by atoms with van der Waals surface area (Å²) in [6.07, 6.45) is 1.82. The van der Waals surface area contributed by atoms with Crippen LogP contribution in [0.4, 0.5) is 5.69 Å². The van der Waals surface area contributed by atoms with Crippen molar-refractivity contribution in [2.45, 2.75) is 18.9 Å². The molecule has 0 spiro atoms. The molecule has 1 fully saturated rings. The van der Waals surface area contributed by atoms with E-state index in [0.29, 0.717) is 30.2 Å². The van der Waals surface area contributed by atoms with Crippen LogP contribution in [0.3, 0.4) is 0 Å². The molecule has 1 amide bonds. The molecule has 0 aliphatic carbocycles. The Labute approximate surface area is 113 Å². The number of nitrogen functional groups attached to an aromatic ring is 1. The summed E-state index contributed by atoms with van der Waals surface area (Å²) in [6, 6.07) is 5.15. The van der Waals surface area contributed by atoms with Crippen LogP contribution in [0, 0.1) is 0 Å². The van der Waals surface area contributed by atoms with Gasteiger partial charge in [0.25, 0.3) is 5.91 Å². The van der Waals surface area contributed by atoms with Crippen molar-refractivity contribution in [2.24, 2.45) is 0 Å². The third-order valence-corrected chi connectivity index (χ3v) is 3.13. The normalized spacial score (nSPS) is 16.1. The Morgan fingerprint density at radius 1 is 1.37 bits per heavy atom. The summed E-state index contributed by atoms with van der Waals surface area (Å²) in [6.45, 7) is 1.42. The minimum Gasteiger partial charge on any atom is -0.488 e. The predicted octanol–water partition coefficient (Wildman–Crippen LogP) is 1.53. The highest BCUT2D eigenvalue weighted by Crippen LogP contribution is 2.26. The lowest BCUT2D eigenvalue weighted by Gasteiger charge is -2.24. The zero-order valence-electron chi connectivity index (χ0n) is 11.4. The minimum absolute atomic E-state index is 0.0585. The van der Waals surface area contributed by atoms with E-state index in [1.807, 2.05) is 0 Å². The van der Waals surface area contributed by atoms with Gasteiger partial charge in [0, 0.05) is 32.5 Å². The molecule has 0 bridgehead atoms. The second kappa shape index (κ2) is 5.93. The maximum atomic E-state index is 11.9. The predicted molar refractivity (Wildman–Crippen MR) is 73.3 cm³/mol. The first kappa shape index (κ1) is 13.7. The molecule has 0 saturated carbocycles. The van der Waals surface area contributed by atoms with Gasteiger partial charge in [0.2, 0.25) is 0 Å². The largest absolute Gasteiger partial charge is 0.488 e. The molecule has 5 nitrogen and oxygen atoms in total. The fraction of sp³-hybridized carbons (Fsp3) is 0.500. The molecule has 2 rings (SSSR count). The molecule has 1 aliphatic heterocycles. The highest BCUT2D eigenvalue weighted by molar-refractivity contribution is 5.94. The number of amides is 1. The number of hydrogen-bond donors (Lipinski definition) is 1. The number of carbonyl (C=O) groups is 1. The van der Waals surface area contributed by atoms with Crippen LogP contribution in [-0.2, 0) is 4.74 Å². The van der Waals surface area contributed by atoms with Crippen molar-refractivity contribution in [1.29, 1.82) is 0 Å². The molecule has 0 radical (unpaired) electrons. The van der Waals surface area contributed by atoms with Gasteiger partial charge in [-0.3, -0.25) is 4.79 Å². The first-order chi connectivity index (χ1) is 9.08. The van der Waals surface area contributed by atoms with Crippen LogP contribution in [0.25, 0.3) is 0 Å². The molecule has 1 heterocycles. The number of carbonyl (C=O) groups excluding carboxylic acids is 1. The zero-order chi connectivity index (χ0) is 13.8. The summed E-state index contributed by atoms with van der Waals surface area (Å²) in [4.78, 5) is 13.4. The maximum absolute atomic E-state index is 11.9. The van der Waals surface area contributed by atoms with Gasteiger partial charge in [-0.2, -0.15) is 0 Å². The monoisotopic (exact) mass is 264 g/mol. The van der Waals surface area contributed by atoms with Crippen molar-refractivity contribution >= 4 is 11.6 Å². The molecule has 19 heavy (non-hydrogen) atoms. The molecule has 104 valence electrons. The van der Waals surface area contributed by atoms with Crippen LogP contribution in [0.2, 0.25) is 0 Å². The van der Waals surface area contributed by atoms with Crippen LogP contribution < -0.4 is 10.5 Å². The van der Waals surface area contributed by atoms with Crippen LogP contribution in [0.15, 0.2) is 18.2 Å². The van der Waals surface area contributed by atoms with Gasteiger partial charge >= 0.3 is 0 Å². The molecule has 2 N–H and O–H groups in total. The Balaban J connectivity index is 2.14. The molecule has 1 aromatic rings. The number of benzene rings is 1. The molecular formula is C14H20N2O3. The van der Waals surface area contributed by atoms with Crippen molar-refractivity contribution in [2.75, 3.05) is 33.0 Å². The summed E-state index contributed by atoms with van der Waals surface area (Å²) in [7, 11) is 3.44. The molecule has 1 saturated heterocycles. The van der Waals surface area contributed by atoms with E-state index in [1.165, 1.54) is 4.90 Å². The van der Waals surface area contributed by atoms with Gasteiger partial charge in [0.15, 0.2) is 0 Å². The van der Waals surface area contributed by atoms with Gasteiger partial charge in [0.1, 0.15) is 11.9 Å². The second-order valence-corrected chi connectivity index (χ2v) is 4.88. The highest BCUT2D eigenvalue weighted by atomic mass is 16.5. The summed E-state index contributed by atoms with van der Waals surface area (Å²) >= 11 is 0. The number of hydrogen-bond acceptors (Lipinski definition) is 4. The van der Waals surface area contributed by atoms with E-state index >= 15 is 0 Å². The molecule has 0 aromatic heterocycles. The highest BCUT2D eigenvalue weighted by Gasteiger charge is 2.18. The Morgan fingerprint density at radius 3 is 2.68 bits per heavy atom. The lowest BCUT2D eigenvalue weighted by Crippen LogP contribution is -2.26. The van der Waals surface area contributed by atoms with E-state index in [1.54, 1.807) is 32.3 Å². The molecule has 0 unspecified atom stereocenters. The van der Waals surface area contributed by atoms with Gasteiger partial charge in [-0.15, -0.1) is 0 Å². The topological polar surface area (TPSA) is 64.8 Å². The first-order valence-corrected chi connectivity index (χ1v) is 6.43. The number of ether oxygens (including phenoxy) is 2. The molecule has 5 heteroatoms. The fourth-order valence-corrected chi connectivity index (χ4v) is 2.00. The van der Waals surface area contributed by atoms with Crippen LogP contribution in [0.5, 0.6) is 5.75 Å². The van der Waals surface area contributed by atoms with E-state index in [0.717, 1.165) is 12.8 Å².